The second-order valence-corrected chi connectivity index (χ2v) is 18.6. The van der Waals surface area contributed by atoms with Crippen LogP contribution in [0.4, 0.5) is 5.69 Å². The van der Waals surface area contributed by atoms with Gasteiger partial charge in [0.1, 0.15) is 28.6 Å². The molecule has 8 rings (SSSR count). The van der Waals surface area contributed by atoms with Crippen molar-refractivity contribution in [3.63, 3.8) is 0 Å². The Kier molecular flexibility index (Phi) is 13.4. The molecule has 5 N–H and O–H groups in total. The second kappa shape index (κ2) is 18.5. The molecule has 64 heavy (non-hydrogen) atoms. The molecule has 8 atom stereocenters. The quantitative estimate of drug-likeness (QED) is 0.157. The Labute approximate surface area is 373 Å². The number of aliphatic hydroxyl groups is 2. The number of carbonyl (C=O) groups is 3. The van der Waals surface area contributed by atoms with Crippen molar-refractivity contribution >= 4 is 34.1 Å². The third-order valence-electron chi connectivity index (χ3n) is 13.2. The fraction of sp³-hybridized carbons (Fsp3) is 0.510. The normalized spacial score (nSPS) is 29.3. The van der Waals surface area contributed by atoms with Crippen LogP contribution in [-0.2, 0) is 14.3 Å². The van der Waals surface area contributed by atoms with E-state index in [0.29, 0.717) is 31.8 Å². The third-order valence-corrected chi connectivity index (χ3v) is 13.2. The summed E-state index contributed by atoms with van der Waals surface area (Å²) in [6.07, 6.45) is 6.32. The van der Waals surface area contributed by atoms with E-state index in [-0.39, 0.29) is 67.4 Å². The van der Waals surface area contributed by atoms with Crippen LogP contribution in [0, 0.1) is 43.4 Å². The predicted molar refractivity (Wildman–Crippen MR) is 240 cm³/mol. The molecule has 2 aromatic carbocycles. The number of nitrogens with zero attached hydrogens (tertiary/aromatic N) is 4. The number of phenols is 2. The zero-order chi connectivity index (χ0) is 46.4. The number of likely N-dealkylation sites (tertiary alicyclic amines) is 1. The molecule has 5 aliphatic rings. The number of amides is 1. The highest BCUT2D eigenvalue weighted by Crippen LogP contribution is 2.48. The number of ether oxygens (including phenoxy) is 3. The van der Waals surface area contributed by atoms with Crippen LogP contribution in [0.1, 0.15) is 99.7 Å². The van der Waals surface area contributed by atoms with E-state index >= 15 is 0 Å². The first-order valence-corrected chi connectivity index (χ1v) is 22.3. The van der Waals surface area contributed by atoms with Gasteiger partial charge in [0.2, 0.25) is 5.78 Å². The van der Waals surface area contributed by atoms with Crippen LogP contribution in [0.15, 0.2) is 64.5 Å². The molecule has 0 radical (unpaired) electrons. The highest BCUT2D eigenvalue weighted by atomic mass is 16.7. The number of hydrogen-bond acceptors (Lipinski definition) is 14. The average molecular weight is 880 g/mol. The lowest BCUT2D eigenvalue weighted by Crippen LogP contribution is -2.44. The first kappa shape index (κ1) is 46.4. The SMILES string of the molecule is C/C1=C/C=C/[C@H](C)[C@H](O)[C@@H](C)[C@@H](O)[C@@H](C)[C@H](OC(=O)c2ccc(C)nc2)[C@H](C)C/C=C/O[C@H]2Oc3c(C)c(O)c4c(O)c(c5c(c4c3C2=O)=NC2(CCN(CC(C)C)CC2)N=5)NC1=O. The standard InChI is InChI=1S/C49H61N5O10/c1-24(2)23-54-19-17-49(18-20-54)52-36-33-34-41(57)31(9)45-35(33)43(59)48(64-45)62-21-11-14-26(4)44(63-47(61)32-16-15-28(6)50-22-32)30(8)40(56)29(7)39(55)25(3)12-10-13-27(5)46(60)51-38(42(34)58)37(36)53-49/h10-13,15-16,21-22,24-26,29-30,39-40,44,48,55-58H,14,17-20,23H2,1-9H3,(H,51,60)/b12-10+,21-11+,27-13-/t25-,26+,29+,30+,39-,40+,44+,48-/m0/s1. The van der Waals surface area contributed by atoms with E-state index in [0.717, 1.165) is 12.2 Å². The molecular weight excluding hydrogens is 819 g/mol. The fourth-order valence-corrected chi connectivity index (χ4v) is 9.33. The molecule has 1 saturated heterocycles. The number of piperidine rings is 1. The van der Waals surface area contributed by atoms with Gasteiger partial charge in [-0.1, -0.05) is 59.8 Å². The van der Waals surface area contributed by atoms with Crippen molar-refractivity contribution in [3.05, 3.63) is 87.6 Å². The molecule has 5 bridgehead atoms. The zero-order valence-corrected chi connectivity index (χ0v) is 38.1. The summed E-state index contributed by atoms with van der Waals surface area (Å²) in [7, 11) is 0. The largest absolute Gasteiger partial charge is 0.507 e. The van der Waals surface area contributed by atoms with Crippen LogP contribution in [0.25, 0.3) is 10.8 Å². The maximum absolute atomic E-state index is 14.4. The number of anilines is 1. The van der Waals surface area contributed by atoms with E-state index in [4.69, 9.17) is 24.2 Å². The van der Waals surface area contributed by atoms with Gasteiger partial charge in [0, 0.05) is 78.6 Å². The number of aryl methyl sites for hydroxylation is 1. The molecule has 5 aliphatic heterocycles. The number of aromatic hydroxyl groups is 2. The number of fused-ring (bicyclic) bond motifs is 13. The fourth-order valence-electron chi connectivity index (χ4n) is 9.33. The Hall–Kier alpha value is -5.64. The van der Waals surface area contributed by atoms with Gasteiger partial charge in [0.05, 0.1) is 40.3 Å². The summed E-state index contributed by atoms with van der Waals surface area (Å²) in [6.45, 7) is 18.8. The number of benzene rings is 2. The van der Waals surface area contributed by atoms with E-state index < -0.39 is 77.3 Å². The van der Waals surface area contributed by atoms with Crippen molar-refractivity contribution in [1.82, 2.24) is 9.88 Å². The van der Waals surface area contributed by atoms with Crippen LogP contribution in [0.2, 0.25) is 0 Å². The summed E-state index contributed by atoms with van der Waals surface area (Å²) in [5.74, 6) is -4.24. The van der Waals surface area contributed by atoms with Gasteiger partial charge in [-0.05, 0) is 57.2 Å². The highest BCUT2D eigenvalue weighted by Gasteiger charge is 2.43. The smallest absolute Gasteiger partial charge is 0.339 e. The topological polar surface area (TPSA) is 213 Å². The van der Waals surface area contributed by atoms with E-state index in [1.54, 1.807) is 71.1 Å². The van der Waals surface area contributed by atoms with Crippen molar-refractivity contribution in [1.29, 1.82) is 0 Å². The minimum absolute atomic E-state index is 0.0463. The Bertz CT molecular complexity index is 2540. The maximum atomic E-state index is 14.4. The predicted octanol–water partition coefficient (Wildman–Crippen LogP) is 5.73. The number of aromatic nitrogens is 1. The molecule has 3 aromatic rings. The molecule has 1 aromatic heterocycles. The molecule has 1 fully saturated rings. The monoisotopic (exact) mass is 879 g/mol. The lowest BCUT2D eigenvalue weighted by Gasteiger charge is -2.36. The number of ketones is 1. The van der Waals surface area contributed by atoms with Gasteiger partial charge in [-0.2, -0.15) is 0 Å². The molecule has 342 valence electrons. The molecule has 15 heteroatoms. The first-order valence-electron chi connectivity index (χ1n) is 22.3. The lowest BCUT2D eigenvalue weighted by molar-refractivity contribution is -0.112. The number of rotatable bonds is 4. The van der Waals surface area contributed by atoms with Crippen LogP contribution >= 0.6 is 0 Å². The number of phenolic OH excluding ortho intramolecular Hbond substituents is 2. The summed E-state index contributed by atoms with van der Waals surface area (Å²) < 4.78 is 18.2. The first-order chi connectivity index (χ1) is 30.3. The van der Waals surface area contributed by atoms with Crippen molar-refractivity contribution in [2.24, 2.45) is 39.6 Å². The van der Waals surface area contributed by atoms with Gasteiger partial charge in [-0.25, -0.2) is 4.79 Å². The summed E-state index contributed by atoms with van der Waals surface area (Å²) >= 11 is 0. The molecule has 15 nitrogen and oxygen atoms in total. The Balaban J connectivity index is 1.31. The molecular formula is C49H61N5O10. The summed E-state index contributed by atoms with van der Waals surface area (Å²) in [6, 6.07) is 3.33. The Morgan fingerprint density at radius 3 is 2.34 bits per heavy atom. The van der Waals surface area contributed by atoms with Gasteiger partial charge >= 0.3 is 12.3 Å². The van der Waals surface area contributed by atoms with E-state index in [1.165, 1.54) is 12.5 Å². The number of pyridine rings is 1. The van der Waals surface area contributed by atoms with Crippen LogP contribution in [0.5, 0.6) is 17.2 Å². The number of allylic oxidation sites excluding steroid dienone is 3. The summed E-state index contributed by atoms with van der Waals surface area (Å²) in [5.41, 5.74) is 0.484. The average Bonchev–Trinajstić information content (AvgIpc) is 3.80. The maximum Gasteiger partial charge on any atom is 0.339 e. The summed E-state index contributed by atoms with van der Waals surface area (Å²) in [5, 5.41) is 50.4. The van der Waals surface area contributed by atoms with Crippen LogP contribution in [0.3, 0.4) is 0 Å². The number of aliphatic hydroxyl groups excluding tert-OH is 2. The van der Waals surface area contributed by atoms with E-state index in [2.05, 4.69) is 29.0 Å². The van der Waals surface area contributed by atoms with Crippen molar-refractivity contribution in [2.75, 3.05) is 25.0 Å². The lowest BCUT2D eigenvalue weighted by atomic mass is 9.79. The van der Waals surface area contributed by atoms with E-state index in [9.17, 15) is 34.8 Å². The van der Waals surface area contributed by atoms with Gasteiger partial charge in [-0.3, -0.25) is 24.6 Å². The third kappa shape index (κ3) is 8.89. The number of esters is 1. The van der Waals surface area contributed by atoms with Gasteiger partial charge in [-0.15, -0.1) is 0 Å². The zero-order valence-electron chi connectivity index (χ0n) is 38.1. The van der Waals surface area contributed by atoms with Crippen molar-refractivity contribution in [3.8, 4) is 17.2 Å². The minimum Gasteiger partial charge on any atom is -0.507 e. The van der Waals surface area contributed by atoms with Gasteiger partial charge in [0.25, 0.3) is 5.91 Å². The minimum atomic E-state index is -1.46. The molecule has 6 heterocycles. The Morgan fingerprint density at radius 1 is 0.969 bits per heavy atom. The Morgan fingerprint density at radius 2 is 1.67 bits per heavy atom. The number of hydrogen-bond donors (Lipinski definition) is 5. The van der Waals surface area contributed by atoms with Crippen LogP contribution < -0.4 is 20.8 Å². The molecule has 1 spiro atoms. The molecule has 0 saturated carbocycles. The highest BCUT2D eigenvalue weighted by molar-refractivity contribution is 6.18. The van der Waals surface area contributed by atoms with Crippen molar-refractivity contribution < 1.29 is 49.0 Å². The number of nitrogens with one attached hydrogen (secondary N) is 1. The number of carbonyl (C=O) groups excluding carboxylic acids is 3. The van der Waals surface area contributed by atoms with Gasteiger partial charge in [0.15, 0.2) is 11.4 Å². The second-order valence-electron chi connectivity index (χ2n) is 18.6. The number of Topliss-reactive ketones (excluding diaryl/α,β-unsaturated/α-hetero) is 1. The molecule has 0 aliphatic carbocycles. The molecule has 1 amide bonds. The van der Waals surface area contributed by atoms with E-state index in [1.807, 2.05) is 13.8 Å². The van der Waals surface area contributed by atoms with Crippen molar-refractivity contribution in [2.45, 2.75) is 112 Å². The van der Waals surface area contributed by atoms with Gasteiger partial charge < -0.3 is 44.9 Å². The molecule has 0 unspecified atom stereocenters. The van der Waals surface area contributed by atoms with Crippen LogP contribution in [-0.4, -0.2) is 97.9 Å². The summed E-state index contributed by atoms with van der Waals surface area (Å²) in [4.78, 5) is 58.7.